The highest BCUT2D eigenvalue weighted by Crippen LogP contribution is 2.59. The maximum Gasteiger partial charge on any atom is 0.0822 e. The van der Waals surface area contributed by atoms with Crippen LogP contribution in [0.3, 0.4) is 0 Å². The van der Waals surface area contributed by atoms with Crippen molar-refractivity contribution in [2.45, 2.75) is 38.2 Å². The van der Waals surface area contributed by atoms with Gasteiger partial charge in [-0.3, -0.25) is 0 Å². The molecule has 3 saturated carbocycles. The summed E-state index contributed by atoms with van der Waals surface area (Å²) in [4.78, 5) is 0. The fourth-order valence-electron chi connectivity index (χ4n) is 2.89. The number of fused-ring (bicyclic) bond motifs is 2. The predicted molar refractivity (Wildman–Crippen MR) is 44.1 cm³/mol. The van der Waals surface area contributed by atoms with Crippen LogP contribution in [0.5, 0.6) is 0 Å². The molecule has 1 unspecified atom stereocenters. The smallest absolute Gasteiger partial charge is 0.0822 e. The van der Waals surface area contributed by atoms with E-state index >= 15 is 0 Å². The highest BCUT2D eigenvalue weighted by atomic mass is 16.3. The SMILES string of the molecule is CC12CC(CCC1(O)CN)C2. The van der Waals surface area contributed by atoms with Gasteiger partial charge in [-0.1, -0.05) is 6.92 Å². The van der Waals surface area contributed by atoms with Crippen molar-refractivity contribution in [3.8, 4) is 0 Å². The summed E-state index contributed by atoms with van der Waals surface area (Å²) < 4.78 is 0. The van der Waals surface area contributed by atoms with E-state index in [1.54, 1.807) is 0 Å². The molecule has 0 amide bonds. The molecule has 3 rings (SSSR count). The van der Waals surface area contributed by atoms with Crippen LogP contribution in [0.25, 0.3) is 0 Å². The van der Waals surface area contributed by atoms with Crippen molar-refractivity contribution >= 4 is 0 Å². The fourth-order valence-corrected chi connectivity index (χ4v) is 2.89. The Bertz CT molecular complexity index is 174. The molecule has 3 N–H and O–H groups in total. The first-order valence-electron chi connectivity index (χ1n) is 4.52. The minimum atomic E-state index is -0.540. The normalized spacial score (nSPS) is 55.4. The second kappa shape index (κ2) is 1.99. The quantitative estimate of drug-likeness (QED) is 0.590. The van der Waals surface area contributed by atoms with E-state index in [1.165, 1.54) is 19.3 Å². The first-order valence-corrected chi connectivity index (χ1v) is 4.52. The Morgan fingerprint density at radius 3 is 2.55 bits per heavy atom. The molecule has 0 heterocycles. The zero-order valence-electron chi connectivity index (χ0n) is 7.14. The van der Waals surface area contributed by atoms with E-state index in [2.05, 4.69) is 6.92 Å². The molecule has 3 aliphatic carbocycles. The molecule has 0 aliphatic heterocycles. The third kappa shape index (κ3) is 0.798. The van der Waals surface area contributed by atoms with Gasteiger partial charge in [-0.25, -0.2) is 0 Å². The number of nitrogens with two attached hydrogens (primary N) is 1. The van der Waals surface area contributed by atoms with Crippen LogP contribution in [0.1, 0.15) is 32.6 Å². The van der Waals surface area contributed by atoms with Crippen LogP contribution >= 0.6 is 0 Å². The van der Waals surface area contributed by atoms with Gasteiger partial charge in [0.15, 0.2) is 0 Å². The highest BCUT2D eigenvalue weighted by molar-refractivity contribution is 5.09. The summed E-state index contributed by atoms with van der Waals surface area (Å²) in [6, 6.07) is 0. The largest absolute Gasteiger partial charge is 0.388 e. The number of hydrogen-bond acceptors (Lipinski definition) is 2. The molecule has 0 aromatic carbocycles. The van der Waals surface area contributed by atoms with Gasteiger partial charge in [-0.15, -0.1) is 0 Å². The third-order valence-electron chi connectivity index (χ3n) is 3.91. The molecule has 3 fully saturated rings. The van der Waals surface area contributed by atoms with E-state index in [0.717, 1.165) is 12.3 Å². The monoisotopic (exact) mass is 155 g/mol. The van der Waals surface area contributed by atoms with E-state index in [-0.39, 0.29) is 5.41 Å². The lowest BCUT2D eigenvalue weighted by atomic mass is 9.48. The Labute approximate surface area is 67.8 Å². The van der Waals surface area contributed by atoms with Gasteiger partial charge in [0.05, 0.1) is 5.60 Å². The number of aliphatic hydroxyl groups is 1. The zero-order valence-corrected chi connectivity index (χ0v) is 7.14. The summed E-state index contributed by atoms with van der Waals surface area (Å²) in [5.41, 5.74) is 5.21. The summed E-state index contributed by atoms with van der Waals surface area (Å²) in [7, 11) is 0. The molecule has 11 heavy (non-hydrogen) atoms. The van der Waals surface area contributed by atoms with Crippen LogP contribution in [-0.4, -0.2) is 17.3 Å². The molecular weight excluding hydrogens is 138 g/mol. The molecule has 0 aromatic heterocycles. The lowest BCUT2D eigenvalue weighted by molar-refractivity contribution is -0.177. The Kier molecular flexibility index (Phi) is 1.37. The lowest BCUT2D eigenvalue weighted by Crippen LogP contribution is -2.61. The average Bonchev–Trinajstić information content (AvgIpc) is 1.93. The van der Waals surface area contributed by atoms with Crippen LogP contribution in [0.2, 0.25) is 0 Å². The van der Waals surface area contributed by atoms with Gasteiger partial charge in [0.2, 0.25) is 0 Å². The van der Waals surface area contributed by atoms with E-state index in [1.807, 2.05) is 0 Å². The summed E-state index contributed by atoms with van der Waals surface area (Å²) in [6.45, 7) is 2.62. The molecule has 1 atom stereocenters. The van der Waals surface area contributed by atoms with E-state index in [0.29, 0.717) is 6.54 Å². The Hall–Kier alpha value is -0.0800. The predicted octanol–water partition coefficient (Wildman–Crippen LogP) is 0.886. The minimum Gasteiger partial charge on any atom is -0.388 e. The standard InChI is InChI=1S/C9H17NO/c1-8-4-7(5-8)2-3-9(8,11)6-10/h7,11H,2-6,10H2,1H3. The van der Waals surface area contributed by atoms with Crippen molar-refractivity contribution in [1.29, 1.82) is 0 Å². The number of hydrogen-bond donors (Lipinski definition) is 2. The molecule has 64 valence electrons. The van der Waals surface area contributed by atoms with Crippen molar-refractivity contribution < 1.29 is 5.11 Å². The fraction of sp³-hybridized carbons (Fsp3) is 1.00. The van der Waals surface area contributed by atoms with Gasteiger partial charge in [0, 0.05) is 6.54 Å². The lowest BCUT2D eigenvalue weighted by Gasteiger charge is -2.60. The van der Waals surface area contributed by atoms with E-state index in [4.69, 9.17) is 5.73 Å². The molecular formula is C9H17NO. The van der Waals surface area contributed by atoms with Crippen LogP contribution < -0.4 is 5.73 Å². The zero-order chi connectivity index (χ0) is 8.11. The second-order valence-electron chi connectivity index (χ2n) is 4.61. The minimum absolute atomic E-state index is 0.157. The van der Waals surface area contributed by atoms with Crippen molar-refractivity contribution in [3.05, 3.63) is 0 Å². The molecule has 2 nitrogen and oxygen atoms in total. The second-order valence-corrected chi connectivity index (χ2v) is 4.61. The van der Waals surface area contributed by atoms with Gasteiger partial charge < -0.3 is 10.8 Å². The first kappa shape index (κ1) is 7.56. The van der Waals surface area contributed by atoms with Crippen LogP contribution in [0.15, 0.2) is 0 Å². The molecule has 0 saturated heterocycles. The van der Waals surface area contributed by atoms with Gasteiger partial charge in [0.1, 0.15) is 0 Å². The maximum absolute atomic E-state index is 10.1. The molecule has 2 heteroatoms. The molecule has 0 radical (unpaired) electrons. The maximum atomic E-state index is 10.1. The van der Waals surface area contributed by atoms with Crippen LogP contribution in [-0.2, 0) is 0 Å². The molecule has 2 bridgehead atoms. The average molecular weight is 155 g/mol. The topological polar surface area (TPSA) is 46.2 Å². The van der Waals surface area contributed by atoms with E-state index in [9.17, 15) is 5.11 Å². The summed E-state index contributed by atoms with van der Waals surface area (Å²) in [5, 5.41) is 10.1. The summed E-state index contributed by atoms with van der Waals surface area (Å²) in [6.07, 6.45) is 4.50. The Balaban J connectivity index is 2.20. The summed E-state index contributed by atoms with van der Waals surface area (Å²) >= 11 is 0. The van der Waals surface area contributed by atoms with Crippen molar-refractivity contribution in [2.75, 3.05) is 6.54 Å². The van der Waals surface area contributed by atoms with Crippen molar-refractivity contribution in [2.24, 2.45) is 17.1 Å². The number of rotatable bonds is 1. The van der Waals surface area contributed by atoms with Crippen molar-refractivity contribution in [3.63, 3.8) is 0 Å². The first-order chi connectivity index (χ1) is 5.10. The van der Waals surface area contributed by atoms with Gasteiger partial charge in [-0.2, -0.15) is 0 Å². The van der Waals surface area contributed by atoms with Crippen LogP contribution in [0, 0.1) is 11.3 Å². The Morgan fingerprint density at radius 2 is 2.18 bits per heavy atom. The summed E-state index contributed by atoms with van der Waals surface area (Å²) in [5.74, 6) is 0.895. The van der Waals surface area contributed by atoms with Gasteiger partial charge in [0.25, 0.3) is 0 Å². The van der Waals surface area contributed by atoms with Gasteiger partial charge in [-0.05, 0) is 37.0 Å². The third-order valence-corrected chi connectivity index (χ3v) is 3.91. The molecule has 3 aliphatic rings. The van der Waals surface area contributed by atoms with Crippen molar-refractivity contribution in [1.82, 2.24) is 0 Å². The molecule has 0 aromatic rings. The highest BCUT2D eigenvalue weighted by Gasteiger charge is 2.57. The molecule has 0 spiro atoms. The van der Waals surface area contributed by atoms with Crippen LogP contribution in [0.4, 0.5) is 0 Å². The Morgan fingerprint density at radius 1 is 1.55 bits per heavy atom. The van der Waals surface area contributed by atoms with E-state index < -0.39 is 5.60 Å². The van der Waals surface area contributed by atoms with Gasteiger partial charge >= 0.3 is 0 Å².